The number of hydrogen-bond acceptors (Lipinski definition) is 2. The summed E-state index contributed by atoms with van der Waals surface area (Å²) in [6, 6.07) is 0. The molecule has 0 aromatic rings. The zero-order chi connectivity index (χ0) is 6.95. The van der Waals surface area contributed by atoms with Crippen LogP contribution >= 0.6 is 0 Å². The van der Waals surface area contributed by atoms with Crippen molar-refractivity contribution in [3.63, 3.8) is 0 Å². The van der Waals surface area contributed by atoms with E-state index in [0.29, 0.717) is 6.61 Å². The molecule has 0 rings (SSSR count). The summed E-state index contributed by atoms with van der Waals surface area (Å²) in [6.07, 6.45) is 0. The molecular weight excluding hydrogens is 125 g/mol. The van der Waals surface area contributed by atoms with Gasteiger partial charge in [-0.25, -0.2) is 4.39 Å². The van der Waals surface area contributed by atoms with E-state index in [4.69, 9.17) is 5.53 Å². The second-order valence-electron chi connectivity index (χ2n) is 1.26. The normalized spacial score (nSPS) is 8.56. The Balaban J connectivity index is 2.82. The highest BCUT2D eigenvalue weighted by atomic mass is 19.1. The molecule has 0 aliphatic heterocycles. The van der Waals surface area contributed by atoms with E-state index >= 15 is 0 Å². The van der Waals surface area contributed by atoms with Crippen LogP contribution in [-0.2, 0) is 4.74 Å². The third-order valence-corrected chi connectivity index (χ3v) is 0.620. The number of halogens is 1. The number of nitrogens with zero attached hydrogens (tertiary/aromatic N) is 3. The van der Waals surface area contributed by atoms with E-state index in [9.17, 15) is 4.39 Å². The summed E-state index contributed by atoms with van der Waals surface area (Å²) < 4.78 is 15.9. The van der Waals surface area contributed by atoms with Gasteiger partial charge in [0, 0.05) is 11.5 Å². The van der Waals surface area contributed by atoms with Crippen molar-refractivity contribution in [3.8, 4) is 0 Å². The summed E-state index contributed by atoms with van der Waals surface area (Å²) in [5, 5.41) is 3.18. The molecule has 0 spiro atoms. The second kappa shape index (κ2) is 7.20. The number of rotatable bonds is 5. The van der Waals surface area contributed by atoms with Crippen LogP contribution in [-0.4, -0.2) is 26.4 Å². The Hall–Kier alpha value is -0.800. The highest BCUT2D eigenvalue weighted by Gasteiger charge is 1.82. The van der Waals surface area contributed by atoms with Gasteiger partial charge in [0.1, 0.15) is 6.67 Å². The van der Waals surface area contributed by atoms with E-state index < -0.39 is 6.67 Å². The lowest BCUT2D eigenvalue weighted by Gasteiger charge is -1.94. The molecule has 0 N–H and O–H groups in total. The van der Waals surface area contributed by atoms with E-state index in [1.807, 2.05) is 0 Å². The molecule has 4 nitrogen and oxygen atoms in total. The van der Waals surface area contributed by atoms with E-state index in [-0.39, 0.29) is 13.2 Å². The Morgan fingerprint density at radius 2 is 2.33 bits per heavy atom. The highest BCUT2D eigenvalue weighted by Crippen LogP contribution is 1.77. The van der Waals surface area contributed by atoms with Crippen LogP contribution in [0.15, 0.2) is 5.11 Å². The molecule has 0 aromatic carbocycles. The van der Waals surface area contributed by atoms with Gasteiger partial charge in [-0.05, 0) is 5.53 Å². The Kier molecular flexibility index (Phi) is 6.56. The predicted molar refractivity (Wildman–Crippen MR) is 30.8 cm³/mol. The monoisotopic (exact) mass is 133 g/mol. The number of alkyl halides is 1. The fraction of sp³-hybridized carbons (Fsp3) is 1.00. The molecular formula is C4H8FN3O. The van der Waals surface area contributed by atoms with Crippen molar-refractivity contribution in [1.82, 2.24) is 0 Å². The van der Waals surface area contributed by atoms with Crippen molar-refractivity contribution in [2.75, 3.05) is 26.4 Å². The molecule has 0 saturated heterocycles. The largest absolute Gasteiger partial charge is 0.379 e. The third-order valence-electron chi connectivity index (χ3n) is 0.620. The van der Waals surface area contributed by atoms with Gasteiger partial charge in [-0.3, -0.25) is 0 Å². The molecule has 0 saturated carbocycles. The number of hydrogen-bond donors (Lipinski definition) is 0. The maximum atomic E-state index is 11.3. The van der Waals surface area contributed by atoms with Gasteiger partial charge >= 0.3 is 0 Å². The zero-order valence-electron chi connectivity index (χ0n) is 4.96. The van der Waals surface area contributed by atoms with Crippen molar-refractivity contribution in [2.45, 2.75) is 0 Å². The van der Waals surface area contributed by atoms with Gasteiger partial charge in [0.25, 0.3) is 0 Å². The first kappa shape index (κ1) is 8.20. The molecule has 0 radical (unpaired) electrons. The summed E-state index contributed by atoms with van der Waals surface area (Å²) in [6.45, 7) is 0.168. The second-order valence-corrected chi connectivity index (χ2v) is 1.26. The minimum absolute atomic E-state index is 0.0843. The third kappa shape index (κ3) is 7.20. The van der Waals surface area contributed by atoms with E-state index in [1.54, 1.807) is 0 Å². The van der Waals surface area contributed by atoms with Gasteiger partial charge in [-0.1, -0.05) is 5.11 Å². The van der Waals surface area contributed by atoms with E-state index in [1.165, 1.54) is 0 Å². The molecule has 0 atom stereocenters. The minimum Gasteiger partial charge on any atom is -0.379 e. The number of azide groups is 1. The Labute approximate surface area is 52.2 Å². The zero-order valence-corrected chi connectivity index (χ0v) is 4.96. The van der Waals surface area contributed by atoms with Crippen molar-refractivity contribution < 1.29 is 9.13 Å². The molecule has 0 amide bonds. The average Bonchev–Trinajstić information content (AvgIpc) is 1.89. The molecule has 0 aromatic heterocycles. The first-order chi connectivity index (χ1) is 4.41. The highest BCUT2D eigenvalue weighted by molar-refractivity contribution is 4.43. The van der Waals surface area contributed by atoms with Crippen LogP contribution < -0.4 is 0 Å². The van der Waals surface area contributed by atoms with Crippen LogP contribution in [0.1, 0.15) is 0 Å². The lowest BCUT2D eigenvalue weighted by molar-refractivity contribution is 0.126. The molecule has 0 unspecified atom stereocenters. The predicted octanol–water partition coefficient (Wildman–Crippen LogP) is 1.28. The van der Waals surface area contributed by atoms with Crippen LogP contribution in [0.5, 0.6) is 0 Å². The lowest BCUT2D eigenvalue weighted by atomic mass is 10.7. The number of ether oxygens (including phenoxy) is 1. The molecule has 0 aliphatic rings. The molecule has 52 valence electrons. The van der Waals surface area contributed by atoms with Crippen LogP contribution in [0, 0.1) is 0 Å². The van der Waals surface area contributed by atoms with Gasteiger partial charge in [0.15, 0.2) is 0 Å². The molecule has 9 heavy (non-hydrogen) atoms. The summed E-state index contributed by atoms with van der Waals surface area (Å²) in [5.41, 5.74) is 7.75. The topological polar surface area (TPSA) is 58.0 Å². The molecule has 0 heterocycles. The van der Waals surface area contributed by atoms with Crippen LogP contribution in [0.4, 0.5) is 4.39 Å². The summed E-state index contributed by atoms with van der Waals surface area (Å²) in [4.78, 5) is 2.48. The van der Waals surface area contributed by atoms with Crippen molar-refractivity contribution in [2.24, 2.45) is 5.11 Å². The van der Waals surface area contributed by atoms with Gasteiger partial charge < -0.3 is 4.74 Å². The maximum absolute atomic E-state index is 11.3. The van der Waals surface area contributed by atoms with Crippen molar-refractivity contribution >= 4 is 0 Å². The van der Waals surface area contributed by atoms with Gasteiger partial charge in [-0.2, -0.15) is 0 Å². The summed E-state index contributed by atoms with van der Waals surface area (Å²) in [5.74, 6) is 0. The first-order valence-electron chi connectivity index (χ1n) is 2.56. The Morgan fingerprint density at radius 3 is 2.89 bits per heavy atom. The van der Waals surface area contributed by atoms with Gasteiger partial charge in [-0.15, -0.1) is 0 Å². The fourth-order valence-electron chi connectivity index (χ4n) is 0.307. The Bertz CT molecular complexity index is 102. The van der Waals surface area contributed by atoms with Crippen LogP contribution in [0.2, 0.25) is 0 Å². The van der Waals surface area contributed by atoms with E-state index in [2.05, 4.69) is 14.8 Å². The average molecular weight is 133 g/mol. The lowest BCUT2D eigenvalue weighted by Crippen LogP contribution is -2.00. The standard InChI is InChI=1S/C4H8FN3O/c5-1-3-9-4-2-7-8-6/h1-4H2. The quantitative estimate of drug-likeness (QED) is 0.241. The Morgan fingerprint density at radius 1 is 1.56 bits per heavy atom. The minimum atomic E-state index is -0.490. The first-order valence-corrected chi connectivity index (χ1v) is 2.56. The van der Waals surface area contributed by atoms with Crippen molar-refractivity contribution in [3.05, 3.63) is 10.4 Å². The molecule has 0 fully saturated rings. The smallest absolute Gasteiger partial charge is 0.113 e. The van der Waals surface area contributed by atoms with Crippen LogP contribution in [0.25, 0.3) is 10.4 Å². The summed E-state index contributed by atoms with van der Waals surface area (Å²) in [7, 11) is 0. The van der Waals surface area contributed by atoms with Crippen molar-refractivity contribution in [1.29, 1.82) is 0 Å². The SMILES string of the molecule is [N-]=[N+]=NCCOCCF. The maximum Gasteiger partial charge on any atom is 0.113 e. The van der Waals surface area contributed by atoms with E-state index in [0.717, 1.165) is 0 Å². The fourth-order valence-corrected chi connectivity index (χ4v) is 0.307. The molecule has 0 bridgehead atoms. The van der Waals surface area contributed by atoms with Crippen LogP contribution in [0.3, 0.4) is 0 Å². The van der Waals surface area contributed by atoms with Gasteiger partial charge in [0.2, 0.25) is 0 Å². The van der Waals surface area contributed by atoms with Gasteiger partial charge in [0.05, 0.1) is 13.2 Å². The molecule has 0 aliphatic carbocycles. The summed E-state index contributed by atoms with van der Waals surface area (Å²) >= 11 is 0. The molecule has 5 heteroatoms.